The summed E-state index contributed by atoms with van der Waals surface area (Å²) >= 11 is 1.58. The molecular formula is C14H21N3O2S. The van der Waals surface area contributed by atoms with Gasteiger partial charge in [0.2, 0.25) is 5.91 Å². The van der Waals surface area contributed by atoms with Gasteiger partial charge in [0.15, 0.2) is 5.13 Å². The number of amides is 1. The number of hydrogen-bond acceptors (Lipinski definition) is 5. The Bertz CT molecular complexity index is 493. The van der Waals surface area contributed by atoms with E-state index in [-0.39, 0.29) is 30.0 Å². The van der Waals surface area contributed by atoms with Crippen LogP contribution in [0.25, 0.3) is 0 Å². The van der Waals surface area contributed by atoms with E-state index >= 15 is 0 Å². The predicted molar refractivity (Wildman–Crippen MR) is 78.8 cm³/mol. The maximum atomic E-state index is 12.5. The minimum atomic E-state index is -0.0935. The number of thiazole rings is 1. The Balaban J connectivity index is 1.71. The molecule has 20 heavy (non-hydrogen) atoms. The van der Waals surface area contributed by atoms with Crippen molar-refractivity contribution < 1.29 is 9.53 Å². The van der Waals surface area contributed by atoms with Gasteiger partial charge >= 0.3 is 0 Å². The number of aromatic nitrogens is 1. The zero-order valence-electron chi connectivity index (χ0n) is 12.1. The van der Waals surface area contributed by atoms with Gasteiger partial charge in [0.25, 0.3) is 0 Å². The maximum Gasteiger partial charge on any atom is 0.232 e. The van der Waals surface area contributed by atoms with Crippen LogP contribution in [0.15, 0.2) is 0 Å². The van der Waals surface area contributed by atoms with E-state index in [4.69, 9.17) is 4.74 Å². The van der Waals surface area contributed by atoms with Gasteiger partial charge < -0.3 is 15.4 Å². The van der Waals surface area contributed by atoms with Crippen molar-refractivity contribution in [3.05, 3.63) is 10.6 Å². The normalized spacial score (nSPS) is 33.0. The Morgan fingerprint density at radius 3 is 2.85 bits per heavy atom. The van der Waals surface area contributed by atoms with E-state index in [1.807, 2.05) is 13.8 Å². The van der Waals surface area contributed by atoms with Crippen molar-refractivity contribution in [1.29, 1.82) is 0 Å². The first-order valence-corrected chi connectivity index (χ1v) is 8.03. The summed E-state index contributed by atoms with van der Waals surface area (Å²) in [4.78, 5) is 18.2. The highest BCUT2D eigenvalue weighted by atomic mass is 32.1. The largest absolute Gasteiger partial charge is 0.374 e. The molecule has 1 fully saturated rings. The van der Waals surface area contributed by atoms with Gasteiger partial charge in [-0.15, -0.1) is 11.3 Å². The Kier molecular flexibility index (Phi) is 3.79. The molecule has 1 aromatic rings. The fourth-order valence-electron chi connectivity index (χ4n) is 3.09. The molecule has 0 aromatic carbocycles. The molecule has 0 radical (unpaired) electrons. The van der Waals surface area contributed by atoms with Crippen LogP contribution >= 0.6 is 11.3 Å². The van der Waals surface area contributed by atoms with Gasteiger partial charge in [0.1, 0.15) is 0 Å². The molecule has 1 saturated heterocycles. The number of carbonyl (C=O) groups is 1. The summed E-state index contributed by atoms with van der Waals surface area (Å²) in [6.07, 6.45) is 1.05. The molecule has 0 spiro atoms. The zero-order chi connectivity index (χ0) is 14.3. The lowest BCUT2D eigenvalue weighted by atomic mass is 9.89. The lowest BCUT2D eigenvalue weighted by molar-refractivity contribution is -0.121. The third-order valence-electron chi connectivity index (χ3n) is 4.38. The summed E-state index contributed by atoms with van der Waals surface area (Å²) in [5.41, 5.74) is 1.13. The van der Waals surface area contributed by atoms with Gasteiger partial charge in [0.05, 0.1) is 23.8 Å². The lowest BCUT2D eigenvalue weighted by Crippen LogP contribution is -2.31. The van der Waals surface area contributed by atoms with E-state index < -0.39 is 0 Å². The summed E-state index contributed by atoms with van der Waals surface area (Å²) in [5, 5.41) is 7.03. The van der Waals surface area contributed by atoms with Gasteiger partial charge in [0, 0.05) is 24.4 Å². The molecule has 4 atom stereocenters. The monoisotopic (exact) mass is 295 g/mol. The zero-order valence-corrected chi connectivity index (χ0v) is 12.9. The van der Waals surface area contributed by atoms with Crippen molar-refractivity contribution in [2.75, 3.05) is 11.9 Å². The molecule has 6 heteroatoms. The Labute approximate surface area is 123 Å². The van der Waals surface area contributed by atoms with Crippen molar-refractivity contribution in [2.24, 2.45) is 11.8 Å². The van der Waals surface area contributed by atoms with Crippen molar-refractivity contribution >= 4 is 22.4 Å². The van der Waals surface area contributed by atoms with Gasteiger partial charge in [-0.1, -0.05) is 6.92 Å². The van der Waals surface area contributed by atoms with Crippen LogP contribution in [0.4, 0.5) is 5.13 Å². The van der Waals surface area contributed by atoms with Gasteiger partial charge in [-0.05, 0) is 19.8 Å². The van der Waals surface area contributed by atoms with Gasteiger partial charge in [-0.25, -0.2) is 4.98 Å². The van der Waals surface area contributed by atoms with E-state index in [0.717, 1.165) is 30.3 Å². The molecule has 2 aliphatic rings. The van der Waals surface area contributed by atoms with Crippen LogP contribution in [0.3, 0.4) is 0 Å². The average Bonchev–Trinajstić information content (AvgIpc) is 2.90. The van der Waals surface area contributed by atoms with Crippen molar-refractivity contribution in [1.82, 2.24) is 10.3 Å². The Morgan fingerprint density at radius 1 is 1.40 bits per heavy atom. The fourth-order valence-corrected chi connectivity index (χ4v) is 4.07. The minimum Gasteiger partial charge on any atom is -0.374 e. The highest BCUT2D eigenvalue weighted by Crippen LogP contribution is 2.34. The second-order valence-electron chi connectivity index (χ2n) is 5.74. The smallest absolute Gasteiger partial charge is 0.232 e. The summed E-state index contributed by atoms with van der Waals surface area (Å²) in [5.74, 6) is 0.179. The second-order valence-corrected chi connectivity index (χ2v) is 6.82. The SMILES string of the molecule is CC1OC(C)C(C(=O)Nc2nc3c(s2)CNCC3)C1C. The number of nitrogens with one attached hydrogen (secondary N) is 2. The van der Waals surface area contributed by atoms with Crippen LogP contribution in [0.1, 0.15) is 31.3 Å². The third kappa shape index (κ3) is 2.47. The maximum absolute atomic E-state index is 12.5. The number of anilines is 1. The molecule has 0 saturated carbocycles. The number of hydrogen-bond donors (Lipinski definition) is 2. The number of rotatable bonds is 2. The van der Waals surface area contributed by atoms with Crippen LogP contribution in [0.5, 0.6) is 0 Å². The first-order chi connectivity index (χ1) is 9.56. The summed E-state index contributed by atoms with van der Waals surface area (Å²) in [7, 11) is 0. The van der Waals surface area contributed by atoms with Crippen LogP contribution in [-0.2, 0) is 22.5 Å². The van der Waals surface area contributed by atoms with Gasteiger partial charge in [-0.2, -0.15) is 0 Å². The minimum absolute atomic E-state index is 0.0312. The Hall–Kier alpha value is -0.980. The number of ether oxygens (including phenoxy) is 1. The molecule has 1 amide bonds. The molecule has 110 valence electrons. The van der Waals surface area contributed by atoms with E-state index in [1.165, 1.54) is 4.88 Å². The summed E-state index contributed by atoms with van der Waals surface area (Å²) in [6, 6.07) is 0. The summed E-state index contributed by atoms with van der Waals surface area (Å²) < 4.78 is 5.74. The molecule has 3 rings (SSSR count). The van der Waals surface area contributed by atoms with E-state index in [0.29, 0.717) is 0 Å². The van der Waals surface area contributed by atoms with E-state index in [9.17, 15) is 4.79 Å². The van der Waals surface area contributed by atoms with Crippen LogP contribution in [0, 0.1) is 11.8 Å². The quantitative estimate of drug-likeness (QED) is 0.873. The Morgan fingerprint density at radius 2 is 2.20 bits per heavy atom. The topological polar surface area (TPSA) is 63.2 Å². The number of carbonyl (C=O) groups excluding carboxylic acids is 1. The van der Waals surface area contributed by atoms with Gasteiger partial charge in [-0.3, -0.25) is 4.79 Å². The molecule has 4 unspecified atom stereocenters. The highest BCUT2D eigenvalue weighted by Gasteiger charge is 2.41. The first kappa shape index (κ1) is 14.0. The highest BCUT2D eigenvalue weighted by molar-refractivity contribution is 7.15. The van der Waals surface area contributed by atoms with Crippen molar-refractivity contribution in [2.45, 2.75) is 45.9 Å². The van der Waals surface area contributed by atoms with Crippen LogP contribution in [0.2, 0.25) is 0 Å². The molecule has 2 N–H and O–H groups in total. The summed E-state index contributed by atoms with van der Waals surface area (Å²) in [6.45, 7) is 7.91. The molecule has 3 heterocycles. The van der Waals surface area contributed by atoms with Crippen molar-refractivity contribution in [3.63, 3.8) is 0 Å². The number of fused-ring (bicyclic) bond motifs is 1. The van der Waals surface area contributed by atoms with Crippen LogP contribution in [-0.4, -0.2) is 29.6 Å². The molecule has 2 aliphatic heterocycles. The van der Waals surface area contributed by atoms with E-state index in [2.05, 4.69) is 22.5 Å². The second kappa shape index (κ2) is 5.42. The predicted octanol–water partition coefficient (Wildman–Crippen LogP) is 1.79. The van der Waals surface area contributed by atoms with Crippen molar-refractivity contribution in [3.8, 4) is 0 Å². The molecule has 0 bridgehead atoms. The average molecular weight is 295 g/mol. The third-order valence-corrected chi connectivity index (χ3v) is 5.39. The molecular weight excluding hydrogens is 274 g/mol. The van der Waals surface area contributed by atoms with Crippen LogP contribution < -0.4 is 10.6 Å². The molecule has 1 aromatic heterocycles. The standard InChI is InChI=1S/C14H21N3O2S/c1-7-8(2)19-9(3)12(7)13(18)17-14-16-10-4-5-15-6-11(10)20-14/h7-9,12,15H,4-6H2,1-3H3,(H,16,17,18). The molecule has 0 aliphatic carbocycles. The lowest BCUT2D eigenvalue weighted by Gasteiger charge is -2.16. The first-order valence-electron chi connectivity index (χ1n) is 7.22. The number of nitrogens with zero attached hydrogens (tertiary/aromatic N) is 1. The molecule has 5 nitrogen and oxygen atoms in total. The fraction of sp³-hybridized carbons (Fsp3) is 0.714. The van der Waals surface area contributed by atoms with E-state index in [1.54, 1.807) is 11.3 Å².